The van der Waals surface area contributed by atoms with Gasteiger partial charge in [-0.05, 0) is 37.1 Å². The molecule has 0 fully saturated rings. The standard InChI is InChI=1S/C21H23F4N3O5S2/c1-5-20(13(2)29,14-6-8-15(9-7-14)21(23,24)25)27-18-10-16(22)11-19(17(18)12-26-27)28(34(3,30)31)35(4,32)33/h6-13,29H,5H2,1-4H3. The molecule has 0 aliphatic carbocycles. The van der Waals surface area contributed by atoms with Gasteiger partial charge in [0.05, 0.1) is 41.6 Å². The van der Waals surface area contributed by atoms with E-state index in [0.717, 1.165) is 30.5 Å². The molecule has 1 N–H and O–H groups in total. The molecule has 8 nitrogen and oxygen atoms in total. The second-order valence-electron chi connectivity index (χ2n) is 8.17. The van der Waals surface area contributed by atoms with Gasteiger partial charge in [-0.2, -0.15) is 22.0 Å². The summed E-state index contributed by atoms with van der Waals surface area (Å²) in [5.41, 5.74) is -2.77. The van der Waals surface area contributed by atoms with Crippen molar-refractivity contribution in [3.63, 3.8) is 0 Å². The van der Waals surface area contributed by atoms with Crippen molar-refractivity contribution in [1.82, 2.24) is 9.78 Å². The van der Waals surface area contributed by atoms with E-state index < -0.39 is 54.9 Å². The molecule has 0 bridgehead atoms. The first-order chi connectivity index (χ1) is 15.9. The molecule has 3 rings (SSSR count). The zero-order valence-electron chi connectivity index (χ0n) is 19.1. The van der Waals surface area contributed by atoms with Gasteiger partial charge in [-0.1, -0.05) is 19.1 Å². The highest BCUT2D eigenvalue weighted by Crippen LogP contribution is 2.40. The molecule has 2 aromatic carbocycles. The number of halogens is 4. The third-order valence-corrected chi connectivity index (χ3v) is 8.97. The molecule has 192 valence electrons. The van der Waals surface area contributed by atoms with Crippen LogP contribution in [-0.4, -0.2) is 50.3 Å². The zero-order chi connectivity index (χ0) is 26.6. The number of sulfonamides is 2. The maximum Gasteiger partial charge on any atom is 0.416 e. The quantitative estimate of drug-likeness (QED) is 0.463. The van der Waals surface area contributed by atoms with Crippen LogP contribution in [0.25, 0.3) is 10.9 Å². The molecular formula is C21H23F4N3O5S2. The largest absolute Gasteiger partial charge is 0.416 e. The van der Waals surface area contributed by atoms with Gasteiger partial charge in [-0.15, -0.1) is 0 Å². The van der Waals surface area contributed by atoms with Gasteiger partial charge < -0.3 is 5.11 Å². The Kier molecular flexibility index (Phi) is 6.72. The highest BCUT2D eigenvalue weighted by atomic mass is 32.3. The number of anilines is 1. The summed E-state index contributed by atoms with van der Waals surface area (Å²) in [4.78, 5) is 0. The van der Waals surface area contributed by atoms with Crippen molar-refractivity contribution in [3.05, 3.63) is 59.5 Å². The van der Waals surface area contributed by atoms with Gasteiger partial charge >= 0.3 is 6.18 Å². The van der Waals surface area contributed by atoms with Crippen LogP contribution >= 0.6 is 0 Å². The number of alkyl halides is 3. The molecule has 2 unspecified atom stereocenters. The van der Waals surface area contributed by atoms with Crippen molar-refractivity contribution in [3.8, 4) is 0 Å². The van der Waals surface area contributed by atoms with E-state index in [4.69, 9.17) is 0 Å². The summed E-state index contributed by atoms with van der Waals surface area (Å²) < 4.78 is 104. The van der Waals surface area contributed by atoms with E-state index in [1.807, 2.05) is 0 Å². The Morgan fingerprint density at radius 3 is 1.97 bits per heavy atom. The Labute approximate surface area is 199 Å². The lowest BCUT2D eigenvalue weighted by Crippen LogP contribution is -2.45. The van der Waals surface area contributed by atoms with Crippen LogP contribution in [0.3, 0.4) is 0 Å². The first-order valence-electron chi connectivity index (χ1n) is 10.2. The number of hydrogen-bond acceptors (Lipinski definition) is 6. The van der Waals surface area contributed by atoms with Crippen molar-refractivity contribution in [2.45, 2.75) is 38.1 Å². The molecule has 1 heterocycles. The molecule has 0 aliphatic heterocycles. The first kappa shape index (κ1) is 26.9. The van der Waals surface area contributed by atoms with Crippen LogP contribution in [0.1, 0.15) is 31.4 Å². The van der Waals surface area contributed by atoms with Crippen LogP contribution in [0.15, 0.2) is 42.6 Å². The number of aliphatic hydroxyl groups is 1. The average molecular weight is 538 g/mol. The number of rotatable bonds is 7. The minimum atomic E-state index is -4.59. The maximum atomic E-state index is 14.7. The molecule has 1 aromatic heterocycles. The third-order valence-electron chi connectivity index (χ3n) is 5.75. The summed E-state index contributed by atoms with van der Waals surface area (Å²) >= 11 is 0. The Morgan fingerprint density at radius 2 is 1.54 bits per heavy atom. The van der Waals surface area contributed by atoms with Crippen LogP contribution < -0.4 is 3.71 Å². The van der Waals surface area contributed by atoms with Crippen LogP contribution in [0.5, 0.6) is 0 Å². The lowest BCUT2D eigenvalue weighted by atomic mass is 9.82. The second-order valence-corrected chi connectivity index (χ2v) is 12.1. The molecule has 2 atom stereocenters. The minimum absolute atomic E-state index is 0.0624. The lowest BCUT2D eigenvalue weighted by Gasteiger charge is -2.37. The fraction of sp³-hybridized carbons (Fsp3) is 0.381. The van der Waals surface area contributed by atoms with Crippen molar-refractivity contribution in [2.75, 3.05) is 16.2 Å². The monoisotopic (exact) mass is 537 g/mol. The Morgan fingerprint density at radius 1 is 1.03 bits per heavy atom. The van der Waals surface area contributed by atoms with Crippen LogP contribution in [-0.2, 0) is 31.8 Å². The van der Waals surface area contributed by atoms with Gasteiger partial charge in [-0.3, -0.25) is 4.68 Å². The normalized spacial score (nSPS) is 15.7. The zero-order valence-corrected chi connectivity index (χ0v) is 20.7. The number of aromatic nitrogens is 2. The van der Waals surface area contributed by atoms with Crippen molar-refractivity contribution < 1.29 is 39.5 Å². The van der Waals surface area contributed by atoms with Gasteiger partial charge in [0.15, 0.2) is 0 Å². The summed E-state index contributed by atoms with van der Waals surface area (Å²) in [5.74, 6) is -0.991. The summed E-state index contributed by atoms with van der Waals surface area (Å²) in [6.45, 7) is 3.02. The lowest BCUT2D eigenvalue weighted by molar-refractivity contribution is -0.137. The highest BCUT2D eigenvalue weighted by Gasteiger charge is 2.41. The van der Waals surface area contributed by atoms with Crippen LogP contribution in [0.4, 0.5) is 23.2 Å². The fourth-order valence-corrected chi connectivity index (χ4v) is 7.27. The topological polar surface area (TPSA) is 110 Å². The summed E-state index contributed by atoms with van der Waals surface area (Å²) in [7, 11) is -8.83. The number of benzene rings is 2. The van der Waals surface area contributed by atoms with E-state index in [1.54, 1.807) is 6.92 Å². The number of hydrogen-bond donors (Lipinski definition) is 1. The first-order valence-corrected chi connectivity index (χ1v) is 13.9. The Bertz CT molecular complexity index is 1440. The third kappa shape index (κ3) is 4.74. The van der Waals surface area contributed by atoms with E-state index in [0.29, 0.717) is 12.5 Å². The molecule has 0 saturated heterocycles. The Hall–Kier alpha value is -2.71. The molecule has 0 amide bonds. The van der Waals surface area contributed by atoms with Crippen LogP contribution in [0, 0.1) is 5.82 Å². The van der Waals surface area contributed by atoms with Crippen molar-refractivity contribution in [2.24, 2.45) is 0 Å². The Balaban J connectivity index is 2.38. The van der Waals surface area contributed by atoms with Gasteiger partial charge in [0.2, 0.25) is 20.0 Å². The van der Waals surface area contributed by atoms with Crippen molar-refractivity contribution >= 4 is 36.6 Å². The highest BCUT2D eigenvalue weighted by molar-refractivity contribution is 8.09. The predicted molar refractivity (Wildman–Crippen MR) is 122 cm³/mol. The molecular weight excluding hydrogens is 514 g/mol. The molecule has 3 aromatic rings. The molecule has 0 saturated carbocycles. The summed E-state index contributed by atoms with van der Waals surface area (Å²) in [6.07, 6.45) is -3.37. The smallest absolute Gasteiger partial charge is 0.391 e. The molecule has 35 heavy (non-hydrogen) atoms. The average Bonchev–Trinajstić information content (AvgIpc) is 3.10. The van der Waals surface area contributed by atoms with E-state index >= 15 is 0 Å². The van der Waals surface area contributed by atoms with E-state index in [9.17, 15) is 39.5 Å². The van der Waals surface area contributed by atoms with Gasteiger partial charge in [-0.25, -0.2) is 21.2 Å². The second kappa shape index (κ2) is 8.75. The summed E-state index contributed by atoms with van der Waals surface area (Å²) in [6, 6.07) is 5.73. The molecule has 14 heteroatoms. The molecule has 0 radical (unpaired) electrons. The number of aliphatic hydroxyl groups excluding tert-OH is 1. The van der Waals surface area contributed by atoms with E-state index in [2.05, 4.69) is 5.10 Å². The maximum absolute atomic E-state index is 14.7. The van der Waals surface area contributed by atoms with Gasteiger partial charge in [0, 0.05) is 11.5 Å². The number of nitrogens with zero attached hydrogens (tertiary/aromatic N) is 3. The van der Waals surface area contributed by atoms with Gasteiger partial charge in [0.1, 0.15) is 11.4 Å². The van der Waals surface area contributed by atoms with Gasteiger partial charge in [0.25, 0.3) is 0 Å². The van der Waals surface area contributed by atoms with Crippen LogP contribution in [0.2, 0.25) is 0 Å². The van der Waals surface area contributed by atoms with E-state index in [1.165, 1.54) is 23.7 Å². The fourth-order valence-electron chi connectivity index (χ4n) is 4.28. The summed E-state index contributed by atoms with van der Waals surface area (Å²) in [5, 5.41) is 14.9. The minimum Gasteiger partial charge on any atom is -0.391 e. The predicted octanol–water partition coefficient (Wildman–Crippen LogP) is 3.45. The molecule has 0 spiro atoms. The number of fused-ring (bicyclic) bond motifs is 1. The SMILES string of the molecule is CCC(c1ccc(C(F)(F)F)cc1)(C(C)O)n1ncc2c(N(S(C)(=O)=O)S(C)(=O)=O)cc(F)cc21. The molecule has 0 aliphatic rings. The van der Waals surface area contributed by atoms with E-state index in [-0.39, 0.29) is 26.6 Å². The van der Waals surface area contributed by atoms with Crippen molar-refractivity contribution in [1.29, 1.82) is 0 Å².